The molecule has 2 aromatic carbocycles. The number of nitrogens with zero attached hydrogens (tertiary/aromatic N) is 2. The number of nitrogens with two attached hydrogens (primary N) is 1. The molecule has 0 aliphatic heterocycles. The molecule has 0 bridgehead atoms. The molecule has 0 aliphatic rings. The molecule has 0 saturated heterocycles. The van der Waals surface area contributed by atoms with Crippen LogP contribution in [0, 0.1) is 5.82 Å². The van der Waals surface area contributed by atoms with Gasteiger partial charge in [-0.25, -0.2) is 9.07 Å². The summed E-state index contributed by atoms with van der Waals surface area (Å²) in [5.41, 5.74) is 7.91. The van der Waals surface area contributed by atoms with E-state index in [1.807, 2.05) is 0 Å². The van der Waals surface area contributed by atoms with Crippen LogP contribution >= 0.6 is 15.9 Å². The van der Waals surface area contributed by atoms with Gasteiger partial charge in [-0.1, -0.05) is 34.1 Å². The SMILES string of the molecule is Nc1c(C(=O)c2cccc(C(Br)C=O)c2)cnn1-c1ccc(F)cc1. The third-order valence-corrected chi connectivity index (χ3v) is 4.45. The van der Waals surface area contributed by atoms with E-state index >= 15 is 0 Å². The van der Waals surface area contributed by atoms with Crippen molar-refractivity contribution in [2.75, 3.05) is 5.73 Å². The van der Waals surface area contributed by atoms with Crippen molar-refractivity contribution >= 4 is 33.8 Å². The monoisotopic (exact) mass is 401 g/mol. The van der Waals surface area contributed by atoms with Gasteiger partial charge in [-0.05, 0) is 35.9 Å². The summed E-state index contributed by atoms with van der Waals surface area (Å²) in [6.45, 7) is 0. The molecule has 1 unspecified atom stereocenters. The molecular formula is C18H13BrFN3O2. The van der Waals surface area contributed by atoms with Gasteiger partial charge < -0.3 is 10.5 Å². The van der Waals surface area contributed by atoms with Crippen molar-refractivity contribution in [3.05, 3.63) is 77.2 Å². The second kappa shape index (κ2) is 6.98. The molecule has 0 fully saturated rings. The van der Waals surface area contributed by atoms with E-state index in [-0.39, 0.29) is 23.0 Å². The van der Waals surface area contributed by atoms with Crippen molar-refractivity contribution in [1.82, 2.24) is 9.78 Å². The Kier molecular flexibility index (Phi) is 4.76. The van der Waals surface area contributed by atoms with E-state index in [1.165, 1.54) is 35.1 Å². The third kappa shape index (κ3) is 3.36. The number of aromatic nitrogens is 2. The molecule has 5 nitrogen and oxygen atoms in total. The van der Waals surface area contributed by atoms with E-state index in [2.05, 4.69) is 21.0 Å². The Morgan fingerprint density at radius 1 is 1.24 bits per heavy atom. The van der Waals surface area contributed by atoms with Crippen molar-refractivity contribution in [1.29, 1.82) is 0 Å². The summed E-state index contributed by atoms with van der Waals surface area (Å²) in [7, 11) is 0. The first-order valence-electron chi connectivity index (χ1n) is 7.34. The van der Waals surface area contributed by atoms with Crippen molar-refractivity contribution < 1.29 is 14.0 Å². The number of rotatable bonds is 5. The number of hydrogen-bond acceptors (Lipinski definition) is 4. The van der Waals surface area contributed by atoms with Crippen molar-refractivity contribution in [2.45, 2.75) is 4.83 Å². The number of alkyl halides is 1. The van der Waals surface area contributed by atoms with Crippen molar-refractivity contribution in [3.8, 4) is 5.69 Å². The highest BCUT2D eigenvalue weighted by Crippen LogP contribution is 2.24. The van der Waals surface area contributed by atoms with E-state index in [9.17, 15) is 14.0 Å². The van der Waals surface area contributed by atoms with Crippen LogP contribution in [0.4, 0.5) is 10.2 Å². The van der Waals surface area contributed by atoms with Gasteiger partial charge in [0.1, 0.15) is 17.9 Å². The van der Waals surface area contributed by atoms with Gasteiger partial charge in [0.15, 0.2) is 5.78 Å². The fraction of sp³-hybridized carbons (Fsp3) is 0.0556. The number of hydrogen-bond donors (Lipinski definition) is 1. The molecule has 1 aromatic heterocycles. The molecule has 0 spiro atoms. The molecule has 7 heteroatoms. The normalized spacial score (nSPS) is 11.9. The Balaban J connectivity index is 1.96. The third-order valence-electron chi connectivity index (χ3n) is 3.71. The predicted molar refractivity (Wildman–Crippen MR) is 95.5 cm³/mol. The minimum absolute atomic E-state index is 0.160. The molecule has 3 aromatic rings. The van der Waals surface area contributed by atoms with Gasteiger partial charge in [0.05, 0.1) is 22.3 Å². The number of ketones is 1. The van der Waals surface area contributed by atoms with Crippen LogP contribution in [0.2, 0.25) is 0 Å². The smallest absolute Gasteiger partial charge is 0.198 e. The minimum atomic E-state index is -0.487. The molecule has 0 aliphatic carbocycles. The summed E-state index contributed by atoms with van der Waals surface area (Å²) in [4.78, 5) is 23.1. The van der Waals surface area contributed by atoms with Gasteiger partial charge in [-0.15, -0.1) is 0 Å². The first kappa shape index (κ1) is 17.0. The van der Waals surface area contributed by atoms with Gasteiger partial charge in [0, 0.05) is 5.56 Å². The number of carbonyl (C=O) groups is 2. The number of halogens is 2. The zero-order chi connectivity index (χ0) is 18.0. The Bertz CT molecular complexity index is 938. The highest BCUT2D eigenvalue weighted by atomic mass is 79.9. The van der Waals surface area contributed by atoms with E-state index in [0.717, 1.165) is 6.29 Å². The highest BCUT2D eigenvalue weighted by molar-refractivity contribution is 9.09. The molecule has 1 atom stereocenters. The topological polar surface area (TPSA) is 78.0 Å². The number of benzene rings is 2. The Hall–Kier alpha value is -2.80. The zero-order valence-electron chi connectivity index (χ0n) is 12.9. The van der Waals surface area contributed by atoms with Crippen LogP contribution in [-0.2, 0) is 4.79 Å². The highest BCUT2D eigenvalue weighted by Gasteiger charge is 2.19. The van der Waals surface area contributed by atoms with E-state index in [4.69, 9.17) is 5.73 Å². The van der Waals surface area contributed by atoms with Crippen molar-refractivity contribution in [3.63, 3.8) is 0 Å². The maximum Gasteiger partial charge on any atom is 0.198 e. The van der Waals surface area contributed by atoms with Crippen LogP contribution in [0.3, 0.4) is 0 Å². The molecule has 0 radical (unpaired) electrons. The largest absolute Gasteiger partial charge is 0.383 e. The molecule has 1 heterocycles. The van der Waals surface area contributed by atoms with E-state index < -0.39 is 4.83 Å². The average Bonchev–Trinajstić information content (AvgIpc) is 3.02. The first-order valence-corrected chi connectivity index (χ1v) is 8.26. The van der Waals surface area contributed by atoms with Crippen LogP contribution in [-0.4, -0.2) is 21.8 Å². The summed E-state index contributed by atoms with van der Waals surface area (Å²) < 4.78 is 14.4. The van der Waals surface area contributed by atoms with E-state index in [0.29, 0.717) is 16.8 Å². The predicted octanol–water partition coefficient (Wildman–Crippen LogP) is 3.46. The summed E-state index contributed by atoms with van der Waals surface area (Å²) in [6.07, 6.45) is 2.11. The fourth-order valence-corrected chi connectivity index (χ4v) is 2.69. The van der Waals surface area contributed by atoms with Crippen LogP contribution in [0.5, 0.6) is 0 Å². The molecule has 2 N–H and O–H groups in total. The summed E-state index contributed by atoms with van der Waals surface area (Å²) in [6, 6.07) is 12.3. The fourth-order valence-electron chi connectivity index (χ4n) is 2.41. The summed E-state index contributed by atoms with van der Waals surface area (Å²) in [5.74, 6) is -0.520. The lowest BCUT2D eigenvalue weighted by molar-refractivity contribution is -0.107. The molecule has 0 saturated carbocycles. The molecular weight excluding hydrogens is 389 g/mol. The van der Waals surface area contributed by atoms with Gasteiger partial charge in [-0.3, -0.25) is 4.79 Å². The first-order chi connectivity index (χ1) is 12.0. The second-order valence-corrected chi connectivity index (χ2v) is 6.31. The van der Waals surface area contributed by atoms with Crippen LogP contribution in [0.15, 0.2) is 54.7 Å². The lowest BCUT2D eigenvalue weighted by Crippen LogP contribution is -2.08. The standard InChI is InChI=1S/C18H13BrFN3O2/c19-16(10-24)11-2-1-3-12(8-11)17(25)15-9-22-23(18(15)21)14-6-4-13(20)5-7-14/h1-10,16H,21H2. The zero-order valence-corrected chi connectivity index (χ0v) is 14.5. The summed E-state index contributed by atoms with van der Waals surface area (Å²) >= 11 is 3.23. The minimum Gasteiger partial charge on any atom is -0.383 e. The number of anilines is 1. The number of nitrogen functional groups attached to an aromatic ring is 1. The molecule has 0 amide bonds. The lowest BCUT2D eigenvalue weighted by atomic mass is 10.0. The van der Waals surface area contributed by atoms with Crippen LogP contribution in [0.25, 0.3) is 5.69 Å². The van der Waals surface area contributed by atoms with Crippen molar-refractivity contribution in [2.24, 2.45) is 0 Å². The average molecular weight is 402 g/mol. The quantitative estimate of drug-likeness (QED) is 0.403. The second-order valence-electron chi connectivity index (χ2n) is 5.32. The number of carbonyl (C=O) groups excluding carboxylic acids is 2. The maximum atomic E-state index is 13.0. The Morgan fingerprint density at radius 3 is 2.64 bits per heavy atom. The van der Waals surface area contributed by atoms with Crippen LogP contribution < -0.4 is 5.73 Å². The summed E-state index contributed by atoms with van der Waals surface area (Å²) in [5, 5.41) is 4.12. The lowest BCUT2D eigenvalue weighted by Gasteiger charge is -2.07. The van der Waals surface area contributed by atoms with E-state index in [1.54, 1.807) is 24.3 Å². The van der Waals surface area contributed by atoms with Gasteiger partial charge in [0.25, 0.3) is 0 Å². The Labute approximate surface area is 151 Å². The van der Waals surface area contributed by atoms with Gasteiger partial charge >= 0.3 is 0 Å². The van der Waals surface area contributed by atoms with Gasteiger partial charge in [0.2, 0.25) is 0 Å². The number of aldehydes is 1. The Morgan fingerprint density at radius 2 is 1.96 bits per heavy atom. The molecule has 126 valence electrons. The van der Waals surface area contributed by atoms with Gasteiger partial charge in [-0.2, -0.15) is 5.10 Å². The molecule has 25 heavy (non-hydrogen) atoms. The maximum absolute atomic E-state index is 13.0. The van der Waals surface area contributed by atoms with Crippen LogP contribution in [0.1, 0.15) is 26.3 Å². The molecule has 3 rings (SSSR count).